The second-order valence-corrected chi connectivity index (χ2v) is 10.0. The Morgan fingerprint density at radius 3 is 2.38 bits per heavy atom. The van der Waals surface area contributed by atoms with E-state index < -0.39 is 12.7 Å². The number of rotatable bonds is 2. The number of piperazine rings is 1. The topological polar surface area (TPSA) is 64.1 Å². The molecule has 2 aliphatic heterocycles. The summed E-state index contributed by atoms with van der Waals surface area (Å²) in [5.74, 6) is 0.868. The van der Waals surface area contributed by atoms with Crippen LogP contribution in [0.2, 0.25) is 0 Å². The van der Waals surface area contributed by atoms with Crippen LogP contribution < -0.4 is 10.4 Å². The minimum Gasteiger partial charge on any atom is -0.444 e. The molecule has 0 aromatic carbocycles. The van der Waals surface area contributed by atoms with Gasteiger partial charge in [-0.25, -0.2) is 9.78 Å². The van der Waals surface area contributed by atoms with Crippen LogP contribution in [0.4, 0.5) is 10.6 Å². The average Bonchev–Trinajstić information content (AvgIpc) is 2.81. The highest BCUT2D eigenvalue weighted by Crippen LogP contribution is 2.36. The van der Waals surface area contributed by atoms with Crippen molar-refractivity contribution in [3.8, 4) is 0 Å². The molecule has 0 radical (unpaired) electrons. The Morgan fingerprint density at radius 1 is 1.21 bits per heavy atom. The Bertz CT molecular complexity index is 747. The summed E-state index contributed by atoms with van der Waals surface area (Å²) in [7, 11) is -0.415. The molecule has 1 atom stereocenters. The number of amides is 1. The summed E-state index contributed by atoms with van der Waals surface area (Å²) in [5, 5.41) is 0. The summed E-state index contributed by atoms with van der Waals surface area (Å²) in [5.41, 5.74) is -0.299. The number of anilines is 1. The monoisotopic (exact) mass is 403 g/mol. The Labute approximate surface area is 174 Å². The Balaban J connectivity index is 1.69. The zero-order chi connectivity index (χ0) is 21.6. The molecule has 0 unspecified atom stereocenters. The summed E-state index contributed by atoms with van der Waals surface area (Å²) >= 11 is 0. The molecule has 0 aliphatic carbocycles. The van der Waals surface area contributed by atoms with Crippen molar-refractivity contribution in [2.75, 3.05) is 24.5 Å². The molecular weight excluding hydrogens is 369 g/mol. The van der Waals surface area contributed by atoms with Crippen LogP contribution in [0.1, 0.15) is 55.4 Å². The van der Waals surface area contributed by atoms with Gasteiger partial charge in [0.2, 0.25) is 0 Å². The van der Waals surface area contributed by atoms with Crippen LogP contribution in [-0.2, 0) is 14.0 Å². The SMILES string of the molecule is C[C@H]1CN(c2cc(B3OC(C)(C)C(C)(C)O3)ccn2)CCN1C(=O)OC(C)(C)C. The van der Waals surface area contributed by atoms with Crippen molar-refractivity contribution in [2.45, 2.75) is 78.2 Å². The maximum atomic E-state index is 12.5. The number of nitrogens with zero attached hydrogens (tertiary/aromatic N) is 3. The molecule has 0 N–H and O–H groups in total. The van der Waals surface area contributed by atoms with Crippen molar-refractivity contribution < 1.29 is 18.8 Å². The van der Waals surface area contributed by atoms with Crippen LogP contribution in [0.25, 0.3) is 0 Å². The highest BCUT2D eigenvalue weighted by molar-refractivity contribution is 6.62. The average molecular weight is 403 g/mol. The lowest BCUT2D eigenvalue weighted by Crippen LogP contribution is -2.55. The lowest BCUT2D eigenvalue weighted by atomic mass is 9.79. The Hall–Kier alpha value is -1.80. The number of aromatic nitrogens is 1. The van der Waals surface area contributed by atoms with Crippen molar-refractivity contribution in [1.29, 1.82) is 0 Å². The predicted molar refractivity (Wildman–Crippen MR) is 115 cm³/mol. The fourth-order valence-electron chi connectivity index (χ4n) is 3.49. The molecule has 8 heteroatoms. The predicted octanol–water partition coefficient (Wildman–Crippen LogP) is 2.83. The van der Waals surface area contributed by atoms with E-state index in [2.05, 4.69) is 9.88 Å². The fourth-order valence-corrected chi connectivity index (χ4v) is 3.49. The molecule has 1 amide bonds. The van der Waals surface area contributed by atoms with E-state index in [4.69, 9.17) is 14.0 Å². The van der Waals surface area contributed by atoms with Crippen LogP contribution in [0.15, 0.2) is 18.3 Å². The van der Waals surface area contributed by atoms with Gasteiger partial charge < -0.3 is 23.8 Å². The molecule has 1 aromatic rings. The molecule has 2 saturated heterocycles. The van der Waals surface area contributed by atoms with Gasteiger partial charge in [-0.1, -0.05) is 0 Å². The zero-order valence-electron chi connectivity index (χ0n) is 19.0. The van der Waals surface area contributed by atoms with Crippen LogP contribution >= 0.6 is 0 Å². The maximum absolute atomic E-state index is 12.5. The number of hydrogen-bond acceptors (Lipinski definition) is 6. The smallest absolute Gasteiger partial charge is 0.444 e. The first-order valence-electron chi connectivity index (χ1n) is 10.4. The highest BCUT2D eigenvalue weighted by Gasteiger charge is 2.51. The van der Waals surface area contributed by atoms with Crippen molar-refractivity contribution in [2.24, 2.45) is 0 Å². The molecule has 160 valence electrons. The minimum absolute atomic E-state index is 0.0286. The van der Waals surface area contributed by atoms with Gasteiger partial charge in [0.15, 0.2) is 0 Å². The van der Waals surface area contributed by atoms with E-state index in [-0.39, 0.29) is 23.3 Å². The molecular formula is C21H34BN3O4. The molecule has 2 aliphatic rings. The van der Waals surface area contributed by atoms with Gasteiger partial charge in [0.25, 0.3) is 0 Å². The van der Waals surface area contributed by atoms with E-state index in [0.29, 0.717) is 19.6 Å². The maximum Gasteiger partial charge on any atom is 0.495 e. The van der Waals surface area contributed by atoms with E-state index in [1.807, 2.05) is 67.5 Å². The van der Waals surface area contributed by atoms with E-state index in [1.54, 1.807) is 11.1 Å². The molecule has 0 bridgehead atoms. The van der Waals surface area contributed by atoms with Crippen molar-refractivity contribution >= 4 is 24.5 Å². The summed E-state index contributed by atoms with van der Waals surface area (Å²) in [6.45, 7) is 17.9. The number of hydrogen-bond donors (Lipinski definition) is 0. The third-order valence-electron chi connectivity index (χ3n) is 5.87. The first kappa shape index (κ1) is 21.9. The summed E-state index contributed by atoms with van der Waals surface area (Å²) < 4.78 is 17.9. The Kier molecular flexibility index (Phi) is 5.64. The molecule has 7 nitrogen and oxygen atoms in total. The van der Waals surface area contributed by atoms with Crippen LogP contribution in [-0.4, -0.2) is 65.6 Å². The van der Waals surface area contributed by atoms with Crippen LogP contribution in [0, 0.1) is 0 Å². The normalized spacial score (nSPS) is 24.0. The van der Waals surface area contributed by atoms with Gasteiger partial charge in [-0.3, -0.25) is 0 Å². The number of carbonyl (C=O) groups excluding carboxylic acids is 1. The molecule has 1 aromatic heterocycles. The molecule has 0 saturated carbocycles. The highest BCUT2D eigenvalue weighted by atomic mass is 16.7. The third-order valence-corrected chi connectivity index (χ3v) is 5.87. The summed E-state index contributed by atoms with van der Waals surface area (Å²) in [6.07, 6.45) is 1.53. The second kappa shape index (κ2) is 7.47. The third kappa shape index (κ3) is 4.69. The lowest BCUT2D eigenvalue weighted by molar-refractivity contribution is 0.00578. The summed E-state index contributed by atoms with van der Waals surface area (Å²) in [6, 6.07) is 3.99. The lowest BCUT2D eigenvalue weighted by Gasteiger charge is -2.40. The van der Waals surface area contributed by atoms with Crippen LogP contribution in [0.3, 0.4) is 0 Å². The zero-order valence-corrected chi connectivity index (χ0v) is 19.0. The first-order valence-corrected chi connectivity index (χ1v) is 10.4. The largest absolute Gasteiger partial charge is 0.495 e. The van der Waals surface area contributed by atoms with Gasteiger partial charge in [-0.2, -0.15) is 0 Å². The first-order chi connectivity index (χ1) is 13.3. The molecule has 3 rings (SSSR count). The number of ether oxygens (including phenoxy) is 1. The molecule has 3 heterocycles. The second-order valence-electron chi connectivity index (χ2n) is 10.0. The molecule has 29 heavy (non-hydrogen) atoms. The van der Waals surface area contributed by atoms with E-state index in [1.165, 1.54) is 0 Å². The van der Waals surface area contributed by atoms with Gasteiger partial charge in [0.1, 0.15) is 11.4 Å². The van der Waals surface area contributed by atoms with Crippen molar-refractivity contribution in [3.63, 3.8) is 0 Å². The van der Waals surface area contributed by atoms with Gasteiger partial charge in [-0.05, 0) is 73.0 Å². The van der Waals surface area contributed by atoms with Crippen molar-refractivity contribution in [3.05, 3.63) is 18.3 Å². The standard InChI is InChI=1S/C21H34BN3O4/c1-15-14-24(11-12-25(15)18(26)27-19(2,3)4)17-13-16(9-10-23-17)22-28-20(5,6)21(7,8)29-22/h9-10,13,15H,11-12,14H2,1-8H3/t15-/m0/s1. The molecule has 2 fully saturated rings. The number of pyridine rings is 1. The van der Waals surface area contributed by atoms with Crippen molar-refractivity contribution in [1.82, 2.24) is 9.88 Å². The summed E-state index contributed by atoms with van der Waals surface area (Å²) in [4.78, 5) is 21.0. The van der Waals surface area contributed by atoms with Gasteiger partial charge in [0.05, 0.1) is 11.2 Å². The van der Waals surface area contributed by atoms with Crippen LogP contribution in [0.5, 0.6) is 0 Å². The minimum atomic E-state index is -0.493. The van der Waals surface area contributed by atoms with E-state index in [9.17, 15) is 4.79 Å². The Morgan fingerprint density at radius 2 is 1.83 bits per heavy atom. The van der Waals surface area contributed by atoms with E-state index >= 15 is 0 Å². The van der Waals surface area contributed by atoms with E-state index in [0.717, 1.165) is 11.3 Å². The van der Waals surface area contributed by atoms with Gasteiger partial charge in [-0.15, -0.1) is 0 Å². The van der Waals surface area contributed by atoms with Gasteiger partial charge >= 0.3 is 13.2 Å². The number of carbonyl (C=O) groups is 1. The van der Waals surface area contributed by atoms with Gasteiger partial charge in [0, 0.05) is 31.9 Å². The molecule has 0 spiro atoms. The fraction of sp³-hybridized carbons (Fsp3) is 0.714. The quantitative estimate of drug-likeness (QED) is 0.708.